The molecular weight excluding hydrogens is 509 g/mol. The number of aromatic nitrogens is 4. The Bertz CT molecular complexity index is 1770. The number of H-pyrrole nitrogens is 1. The van der Waals surface area contributed by atoms with E-state index in [9.17, 15) is 23.2 Å². The van der Waals surface area contributed by atoms with Crippen LogP contribution in [0.2, 0.25) is 0 Å². The fourth-order valence-corrected chi connectivity index (χ4v) is 4.44. The quantitative estimate of drug-likeness (QED) is 0.296. The Hall–Kier alpha value is -4.85. The molecule has 1 atom stereocenters. The normalized spacial score (nSPS) is 12.0. The Morgan fingerprint density at radius 1 is 1.15 bits per heavy atom. The van der Waals surface area contributed by atoms with Crippen LogP contribution >= 0.6 is 0 Å². The van der Waals surface area contributed by atoms with E-state index in [1.807, 2.05) is 0 Å². The van der Waals surface area contributed by atoms with E-state index in [4.69, 9.17) is 4.74 Å². The number of hydrogen-bond donors (Lipinski definition) is 1. The van der Waals surface area contributed by atoms with Gasteiger partial charge in [0.1, 0.15) is 41.1 Å². The van der Waals surface area contributed by atoms with Gasteiger partial charge >= 0.3 is 0 Å². The van der Waals surface area contributed by atoms with Crippen molar-refractivity contribution in [1.82, 2.24) is 24.4 Å². The van der Waals surface area contributed by atoms with Gasteiger partial charge in [-0.15, -0.1) is 0 Å². The molecule has 0 spiro atoms. The second kappa shape index (κ2) is 10.1. The number of aromatic amines is 1. The summed E-state index contributed by atoms with van der Waals surface area (Å²) in [5.41, 5.74) is 1.52. The molecule has 0 aliphatic heterocycles. The minimum absolute atomic E-state index is 0.207. The summed E-state index contributed by atoms with van der Waals surface area (Å²) in [5, 5.41) is 9.19. The number of nitrogens with one attached hydrogen (secondary N) is 1. The molecule has 2 heterocycles. The Morgan fingerprint density at radius 3 is 2.69 bits per heavy atom. The number of halogens is 3. The van der Waals surface area contributed by atoms with E-state index in [0.717, 1.165) is 0 Å². The zero-order chi connectivity index (χ0) is 27.8. The topological polar surface area (TPSA) is 99.8 Å². The van der Waals surface area contributed by atoms with Gasteiger partial charge in [0.15, 0.2) is 17.5 Å². The lowest BCUT2D eigenvalue weighted by molar-refractivity contribution is 0.0774. The van der Waals surface area contributed by atoms with Crippen LogP contribution in [0.1, 0.15) is 40.4 Å². The summed E-state index contributed by atoms with van der Waals surface area (Å²) < 4.78 is 49.5. The predicted molar refractivity (Wildman–Crippen MR) is 138 cm³/mol. The van der Waals surface area contributed by atoms with Crippen molar-refractivity contribution in [3.63, 3.8) is 0 Å². The van der Waals surface area contributed by atoms with Crippen molar-refractivity contribution in [3.05, 3.63) is 88.8 Å². The number of likely N-dealkylation sites (N-methyl/N-ethyl adjacent to an activating group) is 1. The van der Waals surface area contributed by atoms with Crippen LogP contribution in [0.4, 0.5) is 13.2 Å². The molecule has 0 bridgehead atoms. The molecule has 0 saturated carbocycles. The van der Waals surface area contributed by atoms with Gasteiger partial charge in [0.2, 0.25) is 0 Å². The first-order chi connectivity index (χ1) is 18.7. The lowest BCUT2D eigenvalue weighted by Gasteiger charge is -2.18. The number of hydrogen-bond acceptors (Lipinski definition) is 5. The maximum Gasteiger partial charge on any atom is 0.253 e. The van der Waals surface area contributed by atoms with E-state index in [1.165, 1.54) is 4.90 Å². The van der Waals surface area contributed by atoms with Crippen molar-refractivity contribution >= 4 is 28.0 Å². The van der Waals surface area contributed by atoms with Crippen LogP contribution in [0.3, 0.4) is 0 Å². The number of nitrogens with zero attached hydrogens (tertiary/aromatic N) is 5. The number of carbonyl (C=O) groups is 1. The molecule has 0 aliphatic carbocycles. The predicted octanol–water partition coefficient (Wildman–Crippen LogP) is 5.04. The standard InChI is InChI=1S/C28H23F3N6O2/c1-15(26-34-24-19(30)13-18(29)23(31)25(24)35-26)27-33-20-9-8-16(12-21(20)37(27)3)28(38)36(2)10-11-39-22-7-5-4-6-17(22)14-32/h4-9,12-13,15H,10-11H2,1-3H3,(H,34,35). The lowest BCUT2D eigenvalue weighted by atomic mass is 10.1. The maximum absolute atomic E-state index is 14.2. The van der Waals surface area contributed by atoms with Crippen LogP contribution < -0.4 is 4.74 Å². The van der Waals surface area contributed by atoms with E-state index in [-0.39, 0.29) is 29.4 Å². The van der Waals surface area contributed by atoms with E-state index in [0.29, 0.717) is 46.3 Å². The van der Waals surface area contributed by atoms with Crippen molar-refractivity contribution in [1.29, 1.82) is 5.26 Å². The molecule has 0 fully saturated rings. The van der Waals surface area contributed by atoms with Gasteiger partial charge in [-0.05, 0) is 37.3 Å². The van der Waals surface area contributed by atoms with Crippen LogP contribution in [0, 0.1) is 28.8 Å². The third kappa shape index (κ3) is 4.65. The smallest absolute Gasteiger partial charge is 0.253 e. The number of benzene rings is 3. The van der Waals surface area contributed by atoms with Crippen LogP contribution in [-0.4, -0.2) is 50.5 Å². The Kier molecular flexibility index (Phi) is 6.70. The third-order valence-electron chi connectivity index (χ3n) is 6.63. The molecule has 5 rings (SSSR count). The number of para-hydroxylation sites is 1. The van der Waals surface area contributed by atoms with Crippen molar-refractivity contribution < 1.29 is 22.7 Å². The average molecular weight is 533 g/mol. The zero-order valence-electron chi connectivity index (χ0n) is 21.3. The van der Waals surface area contributed by atoms with Crippen molar-refractivity contribution in [2.24, 2.45) is 7.05 Å². The number of imidazole rings is 2. The van der Waals surface area contributed by atoms with Crippen molar-refractivity contribution in [3.8, 4) is 11.8 Å². The van der Waals surface area contributed by atoms with Crippen LogP contribution in [-0.2, 0) is 7.05 Å². The molecular formula is C28H23F3N6O2. The first-order valence-electron chi connectivity index (χ1n) is 12.1. The number of rotatable bonds is 7. The first kappa shape index (κ1) is 25.8. The number of carbonyl (C=O) groups excluding carboxylic acids is 1. The summed E-state index contributed by atoms with van der Waals surface area (Å²) >= 11 is 0. The molecule has 1 unspecified atom stereocenters. The molecule has 0 saturated heterocycles. The molecule has 3 aromatic carbocycles. The minimum atomic E-state index is -1.30. The fraction of sp³-hybridized carbons (Fsp3) is 0.214. The van der Waals surface area contributed by atoms with Gasteiger partial charge < -0.3 is 19.2 Å². The Morgan fingerprint density at radius 2 is 1.92 bits per heavy atom. The highest BCUT2D eigenvalue weighted by Crippen LogP contribution is 2.29. The SMILES string of the molecule is CC(c1nc2c(F)cc(F)c(F)c2[nH]1)c1nc2ccc(C(=O)N(C)CCOc3ccccc3C#N)cc2n1C. The highest BCUT2D eigenvalue weighted by Gasteiger charge is 2.24. The lowest BCUT2D eigenvalue weighted by Crippen LogP contribution is -2.30. The summed E-state index contributed by atoms with van der Waals surface area (Å²) in [5.74, 6) is -2.99. The Labute approximate surface area is 221 Å². The van der Waals surface area contributed by atoms with Gasteiger partial charge in [0.25, 0.3) is 5.91 Å². The molecule has 1 N–H and O–H groups in total. The molecule has 8 nitrogen and oxygen atoms in total. The molecule has 39 heavy (non-hydrogen) atoms. The fourth-order valence-electron chi connectivity index (χ4n) is 4.44. The highest BCUT2D eigenvalue weighted by atomic mass is 19.2. The number of ether oxygens (including phenoxy) is 1. The van der Waals surface area contributed by atoms with Gasteiger partial charge in [-0.3, -0.25) is 4.79 Å². The van der Waals surface area contributed by atoms with Crippen molar-refractivity contribution in [2.75, 3.05) is 20.2 Å². The molecule has 11 heteroatoms. The first-order valence-corrected chi connectivity index (χ1v) is 12.1. The van der Waals surface area contributed by atoms with Crippen LogP contribution in [0.5, 0.6) is 5.75 Å². The van der Waals surface area contributed by atoms with E-state index in [1.54, 1.807) is 68.1 Å². The van der Waals surface area contributed by atoms with E-state index in [2.05, 4.69) is 21.0 Å². The van der Waals surface area contributed by atoms with Gasteiger partial charge in [-0.2, -0.15) is 5.26 Å². The molecule has 198 valence electrons. The summed E-state index contributed by atoms with van der Waals surface area (Å²) in [6, 6.07) is 14.5. The number of fused-ring (bicyclic) bond motifs is 2. The van der Waals surface area contributed by atoms with Crippen LogP contribution in [0.25, 0.3) is 22.1 Å². The summed E-state index contributed by atoms with van der Waals surface area (Å²) in [4.78, 5) is 26.1. The van der Waals surface area contributed by atoms with Gasteiger partial charge in [-0.1, -0.05) is 12.1 Å². The molecule has 0 radical (unpaired) electrons. The minimum Gasteiger partial charge on any atom is -0.490 e. The zero-order valence-corrected chi connectivity index (χ0v) is 21.3. The van der Waals surface area contributed by atoms with Gasteiger partial charge in [0, 0.05) is 25.7 Å². The van der Waals surface area contributed by atoms with E-state index < -0.39 is 23.4 Å². The second-order valence-corrected chi connectivity index (χ2v) is 9.14. The molecule has 0 aliphatic rings. The maximum atomic E-state index is 14.2. The number of amides is 1. The summed E-state index contributed by atoms with van der Waals surface area (Å²) in [6.07, 6.45) is 0. The van der Waals surface area contributed by atoms with Crippen LogP contribution in [0.15, 0.2) is 48.5 Å². The number of nitriles is 1. The van der Waals surface area contributed by atoms with E-state index >= 15 is 0 Å². The molecule has 5 aromatic rings. The molecule has 2 aromatic heterocycles. The third-order valence-corrected chi connectivity index (χ3v) is 6.63. The summed E-state index contributed by atoms with van der Waals surface area (Å²) in [6.45, 7) is 2.26. The van der Waals surface area contributed by atoms with Crippen molar-refractivity contribution in [2.45, 2.75) is 12.8 Å². The second-order valence-electron chi connectivity index (χ2n) is 9.14. The van der Waals surface area contributed by atoms with Gasteiger partial charge in [-0.25, -0.2) is 23.1 Å². The monoisotopic (exact) mass is 532 g/mol. The average Bonchev–Trinajstić information content (AvgIpc) is 3.53. The van der Waals surface area contributed by atoms with Gasteiger partial charge in [0.05, 0.1) is 29.1 Å². The molecule has 1 amide bonds. The Balaban J connectivity index is 1.35. The summed E-state index contributed by atoms with van der Waals surface area (Å²) in [7, 11) is 3.43. The highest BCUT2D eigenvalue weighted by molar-refractivity contribution is 5.97. The number of aryl methyl sites for hydroxylation is 1. The largest absolute Gasteiger partial charge is 0.490 e.